The fraction of sp³-hybridized carbons (Fsp3) is 0.190. The maximum Gasteiger partial charge on any atom is 0.363 e. The minimum absolute atomic E-state index is 0.0671. The number of hydrogen-bond donors (Lipinski definition) is 1. The lowest BCUT2D eigenvalue weighted by atomic mass is 10.1. The van der Waals surface area contributed by atoms with Gasteiger partial charge in [0.25, 0.3) is 0 Å². The summed E-state index contributed by atoms with van der Waals surface area (Å²) in [5.74, 6) is -0.151. The Kier molecular flexibility index (Phi) is 5.82. The van der Waals surface area contributed by atoms with Crippen LogP contribution >= 0.6 is 0 Å². The Bertz CT molecular complexity index is 981. The average molecular weight is 397 g/mol. The average Bonchev–Trinajstić information content (AvgIpc) is 3.08. The van der Waals surface area contributed by atoms with E-state index in [4.69, 9.17) is 24.1 Å². The number of carboxylic acids is 1. The Morgan fingerprint density at radius 3 is 2.21 bits per heavy atom. The molecule has 0 saturated carbocycles. The molecule has 0 spiro atoms. The largest absolute Gasteiger partial charge is 0.493 e. The number of hydrogen-bond acceptors (Lipinski definition) is 7. The van der Waals surface area contributed by atoms with Gasteiger partial charge in [-0.1, -0.05) is 24.3 Å². The predicted octanol–water partition coefficient (Wildman–Crippen LogP) is 2.68. The third kappa shape index (κ3) is 4.37. The van der Waals surface area contributed by atoms with E-state index in [0.29, 0.717) is 33.9 Å². The van der Waals surface area contributed by atoms with Gasteiger partial charge in [0.2, 0.25) is 11.6 Å². The standard InChI is InChI=1S/C21H19NO7/c1-26-16-10-14(11-17(27-2)19(16)28-3)20-22-15(21(25)29-20)8-12-4-6-13(7-5-12)9-18(23)24/h4-8,10-11H,9H2,1-3H3,(H,23,24)/b15-8+. The molecular formula is C21H19NO7. The molecule has 0 bridgehead atoms. The molecule has 3 rings (SSSR count). The van der Waals surface area contributed by atoms with Crippen LogP contribution in [-0.4, -0.2) is 44.3 Å². The minimum Gasteiger partial charge on any atom is -0.493 e. The fourth-order valence-corrected chi connectivity index (χ4v) is 2.80. The van der Waals surface area contributed by atoms with Crippen LogP contribution in [0.2, 0.25) is 0 Å². The first-order valence-electron chi connectivity index (χ1n) is 8.58. The molecule has 8 nitrogen and oxygen atoms in total. The maximum atomic E-state index is 12.2. The molecule has 29 heavy (non-hydrogen) atoms. The second-order valence-corrected chi connectivity index (χ2v) is 6.06. The SMILES string of the molecule is COc1cc(C2=N/C(=C/c3ccc(CC(=O)O)cc3)C(=O)O2)cc(OC)c1OC. The number of nitrogens with zero attached hydrogens (tertiary/aromatic N) is 1. The molecule has 0 saturated heterocycles. The molecule has 1 aliphatic rings. The molecule has 8 heteroatoms. The summed E-state index contributed by atoms with van der Waals surface area (Å²) in [7, 11) is 4.47. The van der Waals surface area contributed by atoms with Crippen LogP contribution in [0.5, 0.6) is 17.2 Å². The highest BCUT2D eigenvalue weighted by Gasteiger charge is 2.26. The Balaban J connectivity index is 1.92. The van der Waals surface area contributed by atoms with Crippen molar-refractivity contribution in [2.24, 2.45) is 4.99 Å². The normalized spacial score (nSPS) is 14.4. The zero-order chi connectivity index (χ0) is 21.0. The summed E-state index contributed by atoms with van der Waals surface area (Å²) in [6.45, 7) is 0. The lowest BCUT2D eigenvalue weighted by molar-refractivity contribution is -0.136. The highest BCUT2D eigenvalue weighted by molar-refractivity contribution is 6.13. The lowest BCUT2D eigenvalue weighted by Crippen LogP contribution is -2.06. The summed E-state index contributed by atoms with van der Waals surface area (Å²) in [5, 5.41) is 8.83. The third-order valence-corrected chi connectivity index (χ3v) is 4.17. The van der Waals surface area contributed by atoms with Gasteiger partial charge < -0.3 is 24.1 Å². The van der Waals surface area contributed by atoms with E-state index >= 15 is 0 Å². The molecule has 2 aromatic carbocycles. The van der Waals surface area contributed by atoms with Gasteiger partial charge in [-0.25, -0.2) is 9.79 Å². The molecule has 0 atom stereocenters. The highest BCUT2D eigenvalue weighted by Crippen LogP contribution is 2.39. The summed E-state index contributed by atoms with van der Waals surface area (Å²) in [5.41, 5.74) is 1.98. The zero-order valence-corrected chi connectivity index (χ0v) is 16.1. The summed E-state index contributed by atoms with van der Waals surface area (Å²) >= 11 is 0. The smallest absolute Gasteiger partial charge is 0.363 e. The van der Waals surface area contributed by atoms with Gasteiger partial charge in [-0.05, 0) is 29.3 Å². The van der Waals surface area contributed by atoms with E-state index in [1.54, 1.807) is 42.5 Å². The van der Waals surface area contributed by atoms with E-state index in [1.165, 1.54) is 21.3 Å². The summed E-state index contributed by atoms with van der Waals surface area (Å²) in [6, 6.07) is 10.1. The number of cyclic esters (lactones) is 1. The topological polar surface area (TPSA) is 104 Å². The van der Waals surface area contributed by atoms with Crippen LogP contribution in [0.1, 0.15) is 16.7 Å². The summed E-state index contributed by atoms with van der Waals surface area (Å²) in [6.07, 6.45) is 1.50. The molecule has 1 N–H and O–H groups in total. The summed E-state index contributed by atoms with van der Waals surface area (Å²) in [4.78, 5) is 27.3. The molecule has 0 aromatic heterocycles. The monoisotopic (exact) mass is 397 g/mol. The van der Waals surface area contributed by atoms with Crippen molar-refractivity contribution in [1.82, 2.24) is 0 Å². The first kappa shape index (κ1) is 19.9. The van der Waals surface area contributed by atoms with Crippen molar-refractivity contribution in [1.29, 1.82) is 0 Å². The van der Waals surface area contributed by atoms with Gasteiger partial charge >= 0.3 is 11.9 Å². The van der Waals surface area contributed by atoms with Gasteiger partial charge in [0.1, 0.15) is 0 Å². The van der Waals surface area contributed by atoms with Crippen LogP contribution in [0.15, 0.2) is 47.1 Å². The number of carboxylic acid groups (broad SMARTS) is 1. The van der Waals surface area contributed by atoms with Gasteiger partial charge in [-0.15, -0.1) is 0 Å². The van der Waals surface area contributed by atoms with Crippen molar-refractivity contribution in [2.45, 2.75) is 6.42 Å². The number of methoxy groups -OCH3 is 3. The summed E-state index contributed by atoms with van der Waals surface area (Å²) < 4.78 is 21.2. The number of aliphatic carboxylic acids is 1. The fourth-order valence-electron chi connectivity index (χ4n) is 2.80. The third-order valence-electron chi connectivity index (χ3n) is 4.17. The molecule has 0 aliphatic carbocycles. The van der Waals surface area contributed by atoms with Gasteiger partial charge in [-0.2, -0.15) is 0 Å². The highest BCUT2D eigenvalue weighted by atomic mass is 16.6. The van der Waals surface area contributed by atoms with Crippen molar-refractivity contribution < 1.29 is 33.6 Å². The quantitative estimate of drug-likeness (QED) is 0.566. The Morgan fingerprint density at radius 1 is 1.07 bits per heavy atom. The van der Waals surface area contributed by atoms with Crippen LogP contribution in [0.4, 0.5) is 0 Å². The van der Waals surface area contributed by atoms with E-state index in [-0.39, 0.29) is 18.0 Å². The second-order valence-electron chi connectivity index (χ2n) is 6.06. The van der Waals surface area contributed by atoms with E-state index in [9.17, 15) is 9.59 Å². The molecule has 1 heterocycles. The molecule has 0 fully saturated rings. The van der Waals surface area contributed by atoms with Crippen LogP contribution in [0.25, 0.3) is 6.08 Å². The van der Waals surface area contributed by atoms with Crippen LogP contribution in [0, 0.1) is 0 Å². The zero-order valence-electron chi connectivity index (χ0n) is 16.1. The number of esters is 1. The van der Waals surface area contributed by atoms with Gasteiger partial charge in [-0.3, -0.25) is 4.79 Å². The number of carbonyl (C=O) groups is 2. The molecule has 0 unspecified atom stereocenters. The number of ether oxygens (including phenoxy) is 4. The minimum atomic E-state index is -0.907. The van der Waals surface area contributed by atoms with Crippen molar-refractivity contribution in [3.63, 3.8) is 0 Å². The maximum absolute atomic E-state index is 12.2. The molecule has 2 aromatic rings. The molecule has 1 aliphatic heterocycles. The second kappa shape index (κ2) is 8.47. The molecule has 150 valence electrons. The number of benzene rings is 2. The number of carbonyl (C=O) groups excluding carboxylic acids is 1. The van der Waals surface area contributed by atoms with Gasteiger partial charge in [0.15, 0.2) is 17.2 Å². The number of rotatable bonds is 7. The predicted molar refractivity (Wildman–Crippen MR) is 104 cm³/mol. The van der Waals surface area contributed by atoms with Crippen molar-refractivity contribution >= 4 is 23.9 Å². The first-order chi connectivity index (χ1) is 13.9. The van der Waals surface area contributed by atoms with Crippen molar-refractivity contribution in [3.8, 4) is 17.2 Å². The van der Waals surface area contributed by atoms with Crippen LogP contribution in [0.3, 0.4) is 0 Å². The Labute approximate surface area is 167 Å². The molecule has 0 amide bonds. The Hall–Kier alpha value is -3.81. The molecule has 0 radical (unpaired) electrons. The van der Waals surface area contributed by atoms with E-state index in [1.807, 2.05) is 0 Å². The number of aliphatic imine (C=N–C) groups is 1. The van der Waals surface area contributed by atoms with E-state index < -0.39 is 11.9 Å². The van der Waals surface area contributed by atoms with Gasteiger partial charge in [0.05, 0.1) is 27.8 Å². The van der Waals surface area contributed by atoms with Gasteiger partial charge in [0, 0.05) is 5.56 Å². The Morgan fingerprint density at radius 2 is 1.69 bits per heavy atom. The van der Waals surface area contributed by atoms with Crippen LogP contribution < -0.4 is 14.2 Å². The molecular weight excluding hydrogens is 378 g/mol. The first-order valence-corrected chi connectivity index (χ1v) is 8.58. The van der Waals surface area contributed by atoms with Crippen LogP contribution in [-0.2, 0) is 20.7 Å². The van der Waals surface area contributed by atoms with E-state index in [0.717, 1.165) is 0 Å². The lowest BCUT2D eigenvalue weighted by Gasteiger charge is -2.13. The van der Waals surface area contributed by atoms with Crippen molar-refractivity contribution in [3.05, 3.63) is 58.8 Å². The van der Waals surface area contributed by atoms with E-state index in [2.05, 4.69) is 4.99 Å². The van der Waals surface area contributed by atoms with Crippen molar-refractivity contribution in [2.75, 3.05) is 21.3 Å².